The lowest BCUT2D eigenvalue weighted by atomic mass is 10.1. The number of hydrogen-bond donors (Lipinski definition) is 1. The summed E-state index contributed by atoms with van der Waals surface area (Å²) >= 11 is 0. The molecule has 1 N–H and O–H groups in total. The highest BCUT2D eigenvalue weighted by molar-refractivity contribution is 5.88. The molecule has 2 heterocycles. The van der Waals surface area contributed by atoms with Crippen LogP contribution in [0.1, 0.15) is 42.9 Å². The molecule has 0 saturated carbocycles. The molecule has 2 aromatic rings. The molecule has 0 aromatic carbocycles. The van der Waals surface area contributed by atoms with Crippen molar-refractivity contribution in [3.8, 4) is 0 Å². The molecule has 0 unspecified atom stereocenters. The Morgan fingerprint density at radius 2 is 2.22 bits per heavy atom. The molecule has 0 aliphatic heterocycles. The maximum Gasteiger partial charge on any atom is 0.356 e. The molecule has 0 saturated heterocycles. The minimum absolute atomic E-state index is 0.156. The van der Waals surface area contributed by atoms with Crippen molar-refractivity contribution >= 4 is 11.6 Å². The zero-order valence-electron chi connectivity index (χ0n) is 10.6. The number of carbonyl (C=O) groups excluding carboxylic acids is 1. The molecule has 96 valence electrons. The average Bonchev–Trinajstić information content (AvgIpc) is 2.73. The number of nitrogens with one attached hydrogen (secondary N) is 1. The summed E-state index contributed by atoms with van der Waals surface area (Å²) in [5, 5.41) is 2.68. The Balaban J connectivity index is 2.54. The first-order valence-corrected chi connectivity index (χ1v) is 5.82. The molecule has 0 aliphatic carbocycles. The van der Waals surface area contributed by atoms with Gasteiger partial charge >= 0.3 is 5.97 Å². The van der Waals surface area contributed by atoms with E-state index in [4.69, 9.17) is 4.74 Å². The smallest absolute Gasteiger partial charge is 0.356 e. The van der Waals surface area contributed by atoms with E-state index in [1.54, 1.807) is 6.92 Å². The monoisotopic (exact) mass is 249 g/mol. The molecule has 0 radical (unpaired) electrons. The van der Waals surface area contributed by atoms with Gasteiger partial charge in [-0.25, -0.2) is 14.3 Å². The minimum atomic E-state index is -0.492. The molecule has 0 aliphatic rings. The molecule has 0 amide bonds. The normalized spacial score (nSPS) is 11.1. The first kappa shape index (κ1) is 12.3. The van der Waals surface area contributed by atoms with E-state index < -0.39 is 5.97 Å². The summed E-state index contributed by atoms with van der Waals surface area (Å²) in [7, 11) is 0. The van der Waals surface area contributed by atoms with Crippen LogP contribution in [-0.2, 0) is 4.74 Å². The van der Waals surface area contributed by atoms with Crippen molar-refractivity contribution in [2.75, 3.05) is 6.61 Å². The second-order valence-corrected chi connectivity index (χ2v) is 4.26. The van der Waals surface area contributed by atoms with Gasteiger partial charge in [-0.05, 0) is 12.8 Å². The third-order valence-corrected chi connectivity index (χ3v) is 2.56. The maximum atomic E-state index is 11.8. The highest BCUT2D eigenvalue weighted by Crippen LogP contribution is 2.11. The SMILES string of the molecule is CCOC(=O)c1cc2nc(C(C)C)cc(=O)n2[nH]1. The molecule has 6 nitrogen and oxygen atoms in total. The van der Waals surface area contributed by atoms with Gasteiger partial charge in [-0.3, -0.25) is 9.89 Å². The Morgan fingerprint density at radius 3 is 2.83 bits per heavy atom. The second-order valence-electron chi connectivity index (χ2n) is 4.26. The number of nitrogens with zero attached hydrogens (tertiary/aromatic N) is 2. The number of hydrogen-bond acceptors (Lipinski definition) is 4. The van der Waals surface area contributed by atoms with Gasteiger partial charge in [-0.2, -0.15) is 0 Å². The van der Waals surface area contributed by atoms with Crippen molar-refractivity contribution in [3.63, 3.8) is 0 Å². The number of ether oxygens (including phenoxy) is 1. The van der Waals surface area contributed by atoms with Crippen LogP contribution < -0.4 is 5.56 Å². The van der Waals surface area contributed by atoms with Gasteiger partial charge in [-0.1, -0.05) is 13.8 Å². The quantitative estimate of drug-likeness (QED) is 0.832. The summed E-state index contributed by atoms with van der Waals surface area (Å²) in [6, 6.07) is 2.98. The van der Waals surface area contributed by atoms with E-state index in [9.17, 15) is 9.59 Å². The number of esters is 1. The standard InChI is InChI=1S/C12H15N3O3/c1-4-18-12(17)9-5-10-13-8(7(2)3)6-11(16)15(10)14-9/h5-7,14H,4H2,1-3H3. The highest BCUT2D eigenvalue weighted by Gasteiger charge is 2.13. The molecule has 0 spiro atoms. The third kappa shape index (κ3) is 2.13. The Bertz CT molecular complexity index is 640. The van der Waals surface area contributed by atoms with E-state index in [-0.39, 0.29) is 23.8 Å². The van der Waals surface area contributed by atoms with Crippen molar-refractivity contribution in [3.05, 3.63) is 33.9 Å². The Labute approximate surface area is 104 Å². The van der Waals surface area contributed by atoms with Gasteiger partial charge in [0.1, 0.15) is 5.69 Å². The lowest BCUT2D eigenvalue weighted by Crippen LogP contribution is -2.16. The third-order valence-electron chi connectivity index (χ3n) is 2.56. The van der Waals surface area contributed by atoms with Crippen molar-refractivity contribution in [1.82, 2.24) is 14.6 Å². The van der Waals surface area contributed by atoms with Gasteiger partial charge < -0.3 is 4.74 Å². The average molecular weight is 249 g/mol. The molecule has 0 bridgehead atoms. The summed E-state index contributed by atoms with van der Waals surface area (Å²) in [6.45, 7) is 5.92. The Kier molecular flexibility index (Phi) is 3.18. The van der Waals surface area contributed by atoms with E-state index in [1.807, 2.05) is 13.8 Å². The van der Waals surface area contributed by atoms with E-state index in [0.29, 0.717) is 11.3 Å². The number of fused-ring (bicyclic) bond motifs is 1. The van der Waals surface area contributed by atoms with Crippen LogP contribution in [0.25, 0.3) is 5.65 Å². The second kappa shape index (κ2) is 4.64. The van der Waals surface area contributed by atoms with Crippen molar-refractivity contribution in [1.29, 1.82) is 0 Å². The molecule has 18 heavy (non-hydrogen) atoms. The van der Waals surface area contributed by atoms with Crippen LogP contribution in [0.15, 0.2) is 16.9 Å². The first-order chi connectivity index (χ1) is 8.52. The van der Waals surface area contributed by atoms with Crippen LogP contribution in [0.3, 0.4) is 0 Å². The number of aromatic amines is 1. The van der Waals surface area contributed by atoms with Gasteiger partial charge in [0, 0.05) is 12.1 Å². The molecule has 2 aromatic heterocycles. The first-order valence-electron chi connectivity index (χ1n) is 5.82. The van der Waals surface area contributed by atoms with Gasteiger partial charge in [0.05, 0.1) is 12.3 Å². The molecule has 0 atom stereocenters. The van der Waals surface area contributed by atoms with Crippen LogP contribution >= 0.6 is 0 Å². The van der Waals surface area contributed by atoms with Gasteiger partial charge in [0.15, 0.2) is 5.65 Å². The fourth-order valence-corrected chi connectivity index (χ4v) is 1.62. The molecule has 6 heteroatoms. The fraction of sp³-hybridized carbons (Fsp3) is 0.417. The van der Waals surface area contributed by atoms with Crippen LogP contribution in [0.5, 0.6) is 0 Å². The minimum Gasteiger partial charge on any atom is -0.461 e. The van der Waals surface area contributed by atoms with Crippen molar-refractivity contribution < 1.29 is 9.53 Å². The number of rotatable bonds is 3. The van der Waals surface area contributed by atoms with Crippen LogP contribution in [0.2, 0.25) is 0 Å². The van der Waals surface area contributed by atoms with E-state index in [2.05, 4.69) is 10.1 Å². The van der Waals surface area contributed by atoms with Gasteiger partial charge in [-0.15, -0.1) is 0 Å². The van der Waals surface area contributed by atoms with Gasteiger partial charge in [0.2, 0.25) is 0 Å². The molecular formula is C12H15N3O3. The van der Waals surface area contributed by atoms with Crippen LogP contribution in [0, 0.1) is 0 Å². The van der Waals surface area contributed by atoms with Crippen molar-refractivity contribution in [2.24, 2.45) is 0 Å². The van der Waals surface area contributed by atoms with Crippen LogP contribution in [0.4, 0.5) is 0 Å². The van der Waals surface area contributed by atoms with Crippen molar-refractivity contribution in [2.45, 2.75) is 26.7 Å². The Morgan fingerprint density at radius 1 is 1.50 bits per heavy atom. The lowest BCUT2D eigenvalue weighted by molar-refractivity contribution is 0.0519. The molecule has 0 fully saturated rings. The summed E-state index contributed by atoms with van der Waals surface area (Å²) in [4.78, 5) is 27.7. The summed E-state index contributed by atoms with van der Waals surface area (Å²) in [6.07, 6.45) is 0. The lowest BCUT2D eigenvalue weighted by Gasteiger charge is -2.02. The van der Waals surface area contributed by atoms with E-state index in [1.165, 1.54) is 16.6 Å². The topological polar surface area (TPSA) is 76.5 Å². The number of H-pyrrole nitrogens is 1. The predicted molar refractivity (Wildman–Crippen MR) is 65.9 cm³/mol. The summed E-state index contributed by atoms with van der Waals surface area (Å²) < 4.78 is 6.10. The maximum absolute atomic E-state index is 11.8. The summed E-state index contributed by atoms with van der Waals surface area (Å²) in [5.41, 5.74) is 1.12. The Hall–Kier alpha value is -2.11. The molecule has 2 rings (SSSR count). The highest BCUT2D eigenvalue weighted by atomic mass is 16.5. The van der Waals surface area contributed by atoms with E-state index in [0.717, 1.165) is 0 Å². The fourth-order valence-electron chi connectivity index (χ4n) is 1.62. The number of carbonyl (C=O) groups is 1. The molecular weight excluding hydrogens is 234 g/mol. The zero-order chi connectivity index (χ0) is 13.3. The van der Waals surface area contributed by atoms with Gasteiger partial charge in [0.25, 0.3) is 5.56 Å². The largest absolute Gasteiger partial charge is 0.461 e. The zero-order valence-corrected chi connectivity index (χ0v) is 10.6. The number of aromatic nitrogens is 3. The summed E-state index contributed by atoms with van der Waals surface area (Å²) in [5.74, 6) is -0.336. The van der Waals surface area contributed by atoms with Crippen LogP contribution in [-0.4, -0.2) is 27.2 Å². The predicted octanol–water partition coefficient (Wildman–Crippen LogP) is 1.32. The van der Waals surface area contributed by atoms with E-state index >= 15 is 0 Å².